The van der Waals surface area contributed by atoms with Crippen molar-refractivity contribution in [3.8, 4) is 0 Å². The minimum Gasteiger partial charge on any atom is -0.444 e. The monoisotopic (exact) mass is 352 g/mol. The van der Waals surface area contributed by atoms with Gasteiger partial charge in [-0.25, -0.2) is 4.79 Å². The Hall–Kier alpha value is -2.02. The van der Waals surface area contributed by atoms with Gasteiger partial charge in [0.25, 0.3) is 0 Å². The molecule has 0 saturated carbocycles. The highest BCUT2D eigenvalue weighted by Crippen LogP contribution is 2.21. The number of carbonyl (C=O) groups excluding carboxylic acids is 3. The first-order valence-corrected chi connectivity index (χ1v) is 7.94. The molecule has 24 heavy (non-hydrogen) atoms. The summed E-state index contributed by atoms with van der Waals surface area (Å²) in [6.45, 7) is 6.78. The Balaban J connectivity index is 2.83. The second-order valence-electron chi connectivity index (χ2n) is 6.36. The number of benzene rings is 1. The van der Waals surface area contributed by atoms with Crippen molar-refractivity contribution in [2.45, 2.75) is 45.8 Å². The van der Waals surface area contributed by atoms with E-state index in [0.29, 0.717) is 5.56 Å². The van der Waals surface area contributed by atoms with Crippen LogP contribution in [0.2, 0.25) is 5.02 Å². The summed E-state index contributed by atoms with van der Waals surface area (Å²) in [5.74, 6) is -0.621. The van der Waals surface area contributed by atoms with Gasteiger partial charge in [-0.1, -0.05) is 23.7 Å². The zero-order valence-electron chi connectivity index (χ0n) is 14.5. The summed E-state index contributed by atoms with van der Waals surface area (Å²) in [5.41, 5.74) is 0.121. The zero-order chi connectivity index (χ0) is 18.5. The van der Waals surface area contributed by atoms with Crippen molar-refractivity contribution in [3.05, 3.63) is 34.3 Å². The molecule has 8 heteroatoms. The summed E-state index contributed by atoms with van der Waals surface area (Å²) in [6.07, 6.45) is -0.693. The molecule has 1 atom stereocenters. The lowest BCUT2D eigenvalue weighted by atomic mass is 9.98. The number of Topliss-reactive ketones (excluding diaryl/α,β-unsaturated/α-hetero) is 1. The van der Waals surface area contributed by atoms with Crippen LogP contribution in [0.25, 0.3) is 0 Å². The molecule has 0 heterocycles. The smallest absolute Gasteiger partial charge is 0.408 e. The number of rotatable bonds is 5. The second-order valence-corrected chi connectivity index (χ2v) is 6.77. The van der Waals surface area contributed by atoms with E-state index in [0.717, 1.165) is 0 Å². The Morgan fingerprint density at radius 2 is 1.92 bits per heavy atom. The van der Waals surface area contributed by atoms with Gasteiger partial charge in [-0.05, 0) is 39.3 Å². The maximum Gasteiger partial charge on any atom is 0.408 e. The molecule has 0 radical (unpaired) electrons. The number of ketones is 1. The molecule has 6 nitrogen and oxygen atoms in total. The number of amides is 2. The topological polar surface area (TPSA) is 84.5 Å². The first-order valence-electron chi connectivity index (χ1n) is 7.57. The predicted octanol–water partition coefficient (Wildman–Crippen LogP) is 1.64. The number of carbonyl (C=O) groups is 3. The molecule has 0 aliphatic heterocycles. The van der Waals surface area contributed by atoms with E-state index in [1.807, 2.05) is 0 Å². The Morgan fingerprint density at radius 1 is 1.29 bits per heavy atom. The highest BCUT2D eigenvalue weighted by Gasteiger charge is 2.23. The molecule has 0 aromatic heterocycles. The third-order valence-electron chi connectivity index (χ3n) is 3.13. The highest BCUT2D eigenvalue weighted by molar-refractivity contribution is 6.35. The molecule has 0 bridgehead atoms. The van der Waals surface area contributed by atoms with E-state index in [1.165, 1.54) is 7.98 Å². The summed E-state index contributed by atoms with van der Waals surface area (Å²) < 4.78 is 5.12. The Kier molecular flexibility index (Phi) is 6.84. The summed E-state index contributed by atoms with van der Waals surface area (Å²) in [6, 6.07) is 4.16. The summed E-state index contributed by atoms with van der Waals surface area (Å²) >= 11 is 6.06. The van der Waals surface area contributed by atoms with E-state index in [-0.39, 0.29) is 28.7 Å². The molecule has 0 aliphatic carbocycles. The van der Waals surface area contributed by atoms with Gasteiger partial charge >= 0.3 is 6.09 Å². The number of hydrogen-bond acceptors (Lipinski definition) is 4. The van der Waals surface area contributed by atoms with E-state index >= 15 is 0 Å². The van der Waals surface area contributed by atoms with E-state index in [1.54, 1.807) is 45.9 Å². The van der Waals surface area contributed by atoms with Gasteiger partial charge in [-0.2, -0.15) is 0 Å². The molecule has 1 aromatic carbocycles. The fourth-order valence-electron chi connectivity index (χ4n) is 2.00. The lowest BCUT2D eigenvalue weighted by Gasteiger charge is -2.21. The number of alkyl carbamates (subject to hydrolysis) is 1. The molecular weight excluding hydrogens is 330 g/mol. The maximum absolute atomic E-state index is 12.3. The quantitative estimate of drug-likeness (QED) is 0.789. The summed E-state index contributed by atoms with van der Waals surface area (Å²) in [7, 11) is 1.49. The molecule has 1 aromatic rings. The molecule has 1 rings (SSSR count). The van der Waals surface area contributed by atoms with E-state index in [2.05, 4.69) is 10.5 Å². The highest BCUT2D eigenvalue weighted by atomic mass is 35.5. The minimum absolute atomic E-state index is 0.0275. The number of nitrogens with one attached hydrogen (secondary N) is 2. The third kappa shape index (κ3) is 5.89. The van der Waals surface area contributed by atoms with Crippen molar-refractivity contribution in [2.75, 3.05) is 0 Å². The van der Waals surface area contributed by atoms with E-state index < -0.39 is 17.7 Å². The van der Waals surface area contributed by atoms with Crippen LogP contribution in [0.15, 0.2) is 18.2 Å². The van der Waals surface area contributed by atoms with E-state index in [4.69, 9.17) is 16.3 Å². The van der Waals surface area contributed by atoms with Gasteiger partial charge in [-0.15, -0.1) is 0 Å². The average Bonchev–Trinajstić information content (AvgIpc) is 2.44. The van der Waals surface area contributed by atoms with Crippen LogP contribution in [0.3, 0.4) is 0 Å². The van der Waals surface area contributed by atoms with Crippen molar-refractivity contribution in [3.63, 3.8) is 0 Å². The lowest BCUT2D eigenvalue weighted by Crippen LogP contribution is -2.42. The number of halogens is 1. The van der Waals surface area contributed by atoms with Gasteiger partial charge in [0.15, 0.2) is 5.78 Å². The standard InChI is InChI=1S/C16H22BClN2O4/c1-9(19-15(23)24-16(2,3)4)12(21)8-10-6-5-7-11(18)13(10)14(22)20-17/h5-7,9H,8,17H2,1-4H3,(H,19,23)(H,20,22)/t9-/m0/s1. The fourth-order valence-corrected chi connectivity index (χ4v) is 2.28. The van der Waals surface area contributed by atoms with Crippen LogP contribution in [0, 0.1) is 0 Å². The van der Waals surface area contributed by atoms with Crippen molar-refractivity contribution in [1.29, 1.82) is 0 Å². The fraction of sp³-hybridized carbons (Fsp3) is 0.438. The van der Waals surface area contributed by atoms with Crippen molar-refractivity contribution in [1.82, 2.24) is 10.5 Å². The lowest BCUT2D eigenvalue weighted by molar-refractivity contribution is -0.120. The molecule has 0 unspecified atom stereocenters. The van der Waals surface area contributed by atoms with Gasteiger partial charge in [0.05, 0.1) is 16.6 Å². The first-order chi connectivity index (χ1) is 11.0. The molecule has 130 valence electrons. The van der Waals surface area contributed by atoms with E-state index in [9.17, 15) is 14.4 Å². The van der Waals surface area contributed by atoms with Gasteiger partial charge in [0.1, 0.15) is 5.60 Å². The molecule has 0 spiro atoms. The largest absolute Gasteiger partial charge is 0.444 e. The molecule has 2 amide bonds. The Labute approximate surface area is 147 Å². The summed E-state index contributed by atoms with van der Waals surface area (Å²) in [5, 5.41) is 5.26. The van der Waals surface area contributed by atoms with Crippen LogP contribution in [-0.4, -0.2) is 37.4 Å². The third-order valence-corrected chi connectivity index (χ3v) is 3.45. The number of ether oxygens (including phenoxy) is 1. The van der Waals surface area contributed by atoms with Crippen LogP contribution < -0.4 is 10.5 Å². The summed E-state index contributed by atoms with van der Waals surface area (Å²) in [4.78, 5) is 36.0. The van der Waals surface area contributed by atoms with Crippen molar-refractivity contribution < 1.29 is 19.1 Å². The van der Waals surface area contributed by atoms with Crippen molar-refractivity contribution in [2.24, 2.45) is 0 Å². The molecule has 2 N–H and O–H groups in total. The molecule has 0 aliphatic rings. The number of hydrogen-bond donors (Lipinski definition) is 2. The Morgan fingerprint density at radius 3 is 2.46 bits per heavy atom. The zero-order valence-corrected chi connectivity index (χ0v) is 15.3. The predicted molar refractivity (Wildman–Crippen MR) is 95.0 cm³/mol. The maximum atomic E-state index is 12.3. The van der Waals surface area contributed by atoms with Crippen LogP contribution >= 0.6 is 11.6 Å². The second kappa shape index (κ2) is 8.19. The van der Waals surface area contributed by atoms with Gasteiger partial charge in [-0.3, -0.25) is 9.59 Å². The van der Waals surface area contributed by atoms with Crippen molar-refractivity contribution >= 4 is 37.4 Å². The van der Waals surface area contributed by atoms with Gasteiger partial charge < -0.3 is 15.3 Å². The normalized spacial score (nSPS) is 12.2. The molecule has 0 saturated heterocycles. The van der Waals surface area contributed by atoms with Gasteiger partial charge in [0.2, 0.25) is 13.9 Å². The minimum atomic E-state index is -0.753. The average molecular weight is 353 g/mol. The van der Waals surface area contributed by atoms with Gasteiger partial charge in [0, 0.05) is 6.42 Å². The van der Waals surface area contributed by atoms with Crippen LogP contribution in [0.1, 0.15) is 43.6 Å². The van der Waals surface area contributed by atoms with Crippen LogP contribution in [-0.2, 0) is 16.0 Å². The van der Waals surface area contributed by atoms with Crippen LogP contribution in [0.5, 0.6) is 0 Å². The first kappa shape index (κ1) is 20.0. The molecule has 0 fully saturated rings. The van der Waals surface area contributed by atoms with Crippen LogP contribution in [0.4, 0.5) is 4.79 Å². The Bertz CT molecular complexity index is 643. The SMILES string of the molecule is BNC(=O)c1c(Cl)cccc1CC(=O)[C@H](C)NC(=O)OC(C)(C)C. The molecular formula is C16H22BClN2O4.